The third-order valence-electron chi connectivity index (χ3n) is 1.50. The standard InChI is InChI=1S/C8H13N3/c1-2-11(8-6-10)7-4-3-5-9/h2-4,7-8H2,1H3. The van der Waals surface area contributed by atoms with Crippen LogP contribution in [-0.4, -0.2) is 24.5 Å². The summed E-state index contributed by atoms with van der Waals surface area (Å²) < 4.78 is 0. The number of nitrogens with zero attached hydrogens (tertiary/aromatic N) is 3. The lowest BCUT2D eigenvalue weighted by molar-refractivity contribution is 0.319. The molecule has 0 aliphatic heterocycles. The second-order valence-electron chi connectivity index (χ2n) is 2.29. The van der Waals surface area contributed by atoms with Gasteiger partial charge in [-0.15, -0.1) is 0 Å². The average Bonchev–Trinajstić information content (AvgIpc) is 2.03. The highest BCUT2D eigenvalue weighted by Crippen LogP contribution is 1.92. The van der Waals surface area contributed by atoms with E-state index in [0.717, 1.165) is 19.5 Å². The minimum atomic E-state index is 0.474. The van der Waals surface area contributed by atoms with E-state index < -0.39 is 0 Å². The van der Waals surface area contributed by atoms with Crippen LogP contribution in [-0.2, 0) is 0 Å². The van der Waals surface area contributed by atoms with Crippen LogP contribution < -0.4 is 0 Å². The van der Waals surface area contributed by atoms with Crippen LogP contribution in [0.1, 0.15) is 19.8 Å². The molecule has 0 aliphatic rings. The lowest BCUT2D eigenvalue weighted by Gasteiger charge is -2.14. The molecule has 0 amide bonds. The molecule has 0 atom stereocenters. The van der Waals surface area contributed by atoms with Crippen molar-refractivity contribution in [3.63, 3.8) is 0 Å². The summed E-state index contributed by atoms with van der Waals surface area (Å²) in [4.78, 5) is 2.03. The molecule has 0 unspecified atom stereocenters. The van der Waals surface area contributed by atoms with Gasteiger partial charge in [0, 0.05) is 13.0 Å². The first-order chi connectivity index (χ1) is 5.35. The third kappa shape index (κ3) is 5.39. The van der Waals surface area contributed by atoms with Crippen molar-refractivity contribution in [3.8, 4) is 12.1 Å². The van der Waals surface area contributed by atoms with Gasteiger partial charge in [-0.25, -0.2) is 0 Å². The van der Waals surface area contributed by atoms with Crippen LogP contribution in [0.5, 0.6) is 0 Å². The molecule has 0 aromatic heterocycles. The highest BCUT2D eigenvalue weighted by molar-refractivity contribution is 4.77. The van der Waals surface area contributed by atoms with Gasteiger partial charge in [-0.05, 0) is 13.0 Å². The lowest BCUT2D eigenvalue weighted by Crippen LogP contribution is -2.24. The van der Waals surface area contributed by atoms with Crippen molar-refractivity contribution in [1.82, 2.24) is 4.90 Å². The molecule has 0 saturated heterocycles. The maximum absolute atomic E-state index is 8.37. The normalized spacial score (nSPS) is 9.09. The van der Waals surface area contributed by atoms with Crippen molar-refractivity contribution >= 4 is 0 Å². The summed E-state index contributed by atoms with van der Waals surface area (Å²) in [5, 5.41) is 16.6. The van der Waals surface area contributed by atoms with Gasteiger partial charge in [0.15, 0.2) is 0 Å². The van der Waals surface area contributed by atoms with Gasteiger partial charge in [0.25, 0.3) is 0 Å². The fraction of sp³-hybridized carbons (Fsp3) is 0.750. The van der Waals surface area contributed by atoms with Crippen molar-refractivity contribution in [2.24, 2.45) is 0 Å². The number of hydrogen-bond donors (Lipinski definition) is 0. The first-order valence-corrected chi connectivity index (χ1v) is 3.81. The minimum absolute atomic E-state index is 0.474. The van der Waals surface area contributed by atoms with Gasteiger partial charge in [0.2, 0.25) is 0 Å². The van der Waals surface area contributed by atoms with Crippen LogP contribution in [0, 0.1) is 22.7 Å². The second-order valence-corrected chi connectivity index (χ2v) is 2.29. The molecular weight excluding hydrogens is 138 g/mol. The Hall–Kier alpha value is -1.06. The van der Waals surface area contributed by atoms with Gasteiger partial charge in [0.05, 0.1) is 18.7 Å². The predicted octanol–water partition coefficient (Wildman–Crippen LogP) is 1.14. The zero-order valence-electron chi connectivity index (χ0n) is 6.88. The molecule has 0 fully saturated rings. The zero-order valence-corrected chi connectivity index (χ0v) is 6.88. The Balaban J connectivity index is 3.39. The summed E-state index contributed by atoms with van der Waals surface area (Å²) in [5.41, 5.74) is 0. The van der Waals surface area contributed by atoms with E-state index in [4.69, 9.17) is 10.5 Å². The van der Waals surface area contributed by atoms with Crippen molar-refractivity contribution < 1.29 is 0 Å². The van der Waals surface area contributed by atoms with Gasteiger partial charge in [0.1, 0.15) is 0 Å². The summed E-state index contributed by atoms with van der Waals surface area (Å²) in [5.74, 6) is 0. The van der Waals surface area contributed by atoms with Crippen LogP contribution >= 0.6 is 0 Å². The van der Waals surface area contributed by atoms with Crippen molar-refractivity contribution in [3.05, 3.63) is 0 Å². The number of hydrogen-bond acceptors (Lipinski definition) is 3. The van der Waals surface area contributed by atoms with Crippen LogP contribution in [0.15, 0.2) is 0 Å². The van der Waals surface area contributed by atoms with E-state index in [1.54, 1.807) is 0 Å². The molecule has 0 spiro atoms. The number of unbranched alkanes of at least 4 members (excludes halogenated alkanes) is 1. The Morgan fingerprint density at radius 2 is 2.00 bits per heavy atom. The number of rotatable bonds is 5. The van der Waals surface area contributed by atoms with E-state index in [2.05, 4.69) is 12.1 Å². The van der Waals surface area contributed by atoms with E-state index in [0.29, 0.717) is 13.0 Å². The molecule has 0 N–H and O–H groups in total. The molecule has 11 heavy (non-hydrogen) atoms. The SMILES string of the molecule is CCN(CC#N)CCCC#N. The predicted molar refractivity (Wildman–Crippen MR) is 42.6 cm³/mol. The van der Waals surface area contributed by atoms with Gasteiger partial charge in [-0.2, -0.15) is 10.5 Å². The minimum Gasteiger partial charge on any atom is -0.291 e. The van der Waals surface area contributed by atoms with E-state index >= 15 is 0 Å². The van der Waals surface area contributed by atoms with Crippen molar-refractivity contribution in [2.45, 2.75) is 19.8 Å². The monoisotopic (exact) mass is 151 g/mol. The van der Waals surface area contributed by atoms with Crippen molar-refractivity contribution in [1.29, 1.82) is 10.5 Å². The van der Waals surface area contributed by atoms with E-state index in [9.17, 15) is 0 Å². The fourth-order valence-electron chi connectivity index (χ4n) is 0.831. The van der Waals surface area contributed by atoms with Gasteiger partial charge in [-0.1, -0.05) is 6.92 Å². The summed E-state index contributed by atoms with van der Waals surface area (Å²) in [6, 6.07) is 4.17. The fourth-order valence-corrected chi connectivity index (χ4v) is 0.831. The van der Waals surface area contributed by atoms with Crippen LogP contribution in [0.2, 0.25) is 0 Å². The lowest BCUT2D eigenvalue weighted by atomic mass is 10.3. The Morgan fingerprint density at radius 3 is 2.45 bits per heavy atom. The van der Waals surface area contributed by atoms with E-state index in [1.807, 2.05) is 11.8 Å². The van der Waals surface area contributed by atoms with Crippen LogP contribution in [0.25, 0.3) is 0 Å². The second kappa shape index (κ2) is 7.05. The van der Waals surface area contributed by atoms with Crippen molar-refractivity contribution in [2.75, 3.05) is 19.6 Å². The number of nitriles is 2. The summed E-state index contributed by atoms with van der Waals surface area (Å²) in [6.07, 6.45) is 1.45. The quantitative estimate of drug-likeness (QED) is 0.437. The average molecular weight is 151 g/mol. The largest absolute Gasteiger partial charge is 0.291 e. The molecule has 60 valence electrons. The molecule has 0 heterocycles. The molecule has 0 rings (SSSR count). The molecule has 3 heteroatoms. The van der Waals surface area contributed by atoms with Gasteiger partial charge in [-0.3, -0.25) is 4.90 Å². The third-order valence-corrected chi connectivity index (χ3v) is 1.50. The Morgan fingerprint density at radius 1 is 1.27 bits per heavy atom. The Labute approximate surface area is 67.8 Å². The molecule has 0 aromatic rings. The summed E-state index contributed by atoms with van der Waals surface area (Å²) in [6.45, 7) is 4.24. The van der Waals surface area contributed by atoms with E-state index in [-0.39, 0.29) is 0 Å². The maximum Gasteiger partial charge on any atom is 0.0865 e. The molecular formula is C8H13N3. The molecule has 0 aromatic carbocycles. The molecule has 0 saturated carbocycles. The molecule has 3 nitrogen and oxygen atoms in total. The van der Waals surface area contributed by atoms with Gasteiger partial charge >= 0.3 is 0 Å². The highest BCUT2D eigenvalue weighted by Gasteiger charge is 1.98. The molecule has 0 bridgehead atoms. The zero-order chi connectivity index (χ0) is 8.53. The smallest absolute Gasteiger partial charge is 0.0865 e. The van der Waals surface area contributed by atoms with Crippen LogP contribution in [0.3, 0.4) is 0 Å². The maximum atomic E-state index is 8.37. The molecule has 0 radical (unpaired) electrons. The van der Waals surface area contributed by atoms with Crippen LogP contribution in [0.4, 0.5) is 0 Å². The Kier molecular flexibility index (Phi) is 6.37. The topological polar surface area (TPSA) is 50.8 Å². The Bertz CT molecular complexity index is 163. The first-order valence-electron chi connectivity index (χ1n) is 3.81. The molecule has 0 aliphatic carbocycles. The first kappa shape index (κ1) is 9.94. The van der Waals surface area contributed by atoms with Gasteiger partial charge < -0.3 is 0 Å². The summed E-state index contributed by atoms with van der Waals surface area (Å²) in [7, 11) is 0. The summed E-state index contributed by atoms with van der Waals surface area (Å²) >= 11 is 0. The highest BCUT2D eigenvalue weighted by atomic mass is 15.1. The van der Waals surface area contributed by atoms with E-state index in [1.165, 1.54) is 0 Å².